The molecule has 0 bridgehead atoms. The standard InChI is InChI=1S/C12H14N4OS/c1-8-3-9(2)5-10(4-8)15-11(17)6-18-12-13-7-14-16-12/h3-5,7H,6H2,1-2H3,(H,15,17)(H,13,14,16). The quantitative estimate of drug-likeness (QED) is 0.828. The second-order valence-electron chi connectivity index (χ2n) is 4.00. The first kappa shape index (κ1) is 12.6. The molecule has 0 aliphatic rings. The molecule has 6 heteroatoms. The fourth-order valence-corrected chi connectivity index (χ4v) is 2.22. The third-order valence-corrected chi connectivity index (χ3v) is 3.12. The Morgan fingerprint density at radius 1 is 1.33 bits per heavy atom. The van der Waals surface area contributed by atoms with Gasteiger partial charge in [-0.15, -0.1) is 0 Å². The van der Waals surface area contributed by atoms with Crippen molar-refractivity contribution < 1.29 is 4.79 Å². The van der Waals surface area contributed by atoms with Crippen molar-refractivity contribution in [3.05, 3.63) is 35.7 Å². The van der Waals surface area contributed by atoms with Crippen molar-refractivity contribution in [2.24, 2.45) is 0 Å². The number of aromatic nitrogens is 3. The highest BCUT2D eigenvalue weighted by atomic mass is 32.2. The SMILES string of the molecule is Cc1cc(C)cc(NC(=O)CSc2ncn[nH]2)c1. The number of H-pyrrole nitrogens is 1. The second-order valence-corrected chi connectivity index (χ2v) is 4.97. The van der Waals surface area contributed by atoms with Crippen molar-refractivity contribution in [2.75, 3.05) is 11.1 Å². The molecule has 1 heterocycles. The Balaban J connectivity index is 1.90. The van der Waals surface area contributed by atoms with Crippen LogP contribution < -0.4 is 5.32 Å². The number of aryl methyl sites for hydroxylation is 2. The molecule has 0 spiro atoms. The summed E-state index contributed by atoms with van der Waals surface area (Å²) in [7, 11) is 0. The molecule has 0 aliphatic heterocycles. The molecule has 0 unspecified atom stereocenters. The molecule has 2 N–H and O–H groups in total. The molecule has 1 aromatic carbocycles. The zero-order chi connectivity index (χ0) is 13.0. The predicted octanol–water partition coefficient (Wildman–Crippen LogP) is 2.15. The molecule has 0 aliphatic carbocycles. The molecule has 2 aromatic rings. The Labute approximate surface area is 109 Å². The van der Waals surface area contributed by atoms with Gasteiger partial charge in [-0.05, 0) is 37.1 Å². The Morgan fingerprint density at radius 2 is 2.06 bits per heavy atom. The zero-order valence-corrected chi connectivity index (χ0v) is 11.0. The summed E-state index contributed by atoms with van der Waals surface area (Å²) in [6, 6.07) is 5.97. The predicted molar refractivity (Wildman–Crippen MR) is 71.7 cm³/mol. The van der Waals surface area contributed by atoms with Crippen LogP contribution in [0.15, 0.2) is 29.7 Å². The van der Waals surface area contributed by atoms with Gasteiger partial charge >= 0.3 is 0 Å². The molecule has 0 radical (unpaired) electrons. The van der Waals surface area contributed by atoms with Crippen molar-refractivity contribution in [1.82, 2.24) is 15.2 Å². The van der Waals surface area contributed by atoms with Gasteiger partial charge in [-0.1, -0.05) is 17.8 Å². The summed E-state index contributed by atoms with van der Waals surface area (Å²) in [6.07, 6.45) is 1.42. The number of hydrogen-bond acceptors (Lipinski definition) is 4. The molecule has 0 atom stereocenters. The molecule has 1 aromatic heterocycles. The van der Waals surface area contributed by atoms with E-state index in [1.807, 2.05) is 26.0 Å². The lowest BCUT2D eigenvalue weighted by Gasteiger charge is -2.06. The minimum absolute atomic E-state index is 0.0543. The number of nitrogens with zero attached hydrogens (tertiary/aromatic N) is 2. The Kier molecular flexibility index (Phi) is 3.99. The van der Waals surface area contributed by atoms with Crippen LogP contribution in [0, 0.1) is 13.8 Å². The average Bonchev–Trinajstić information content (AvgIpc) is 2.77. The second kappa shape index (κ2) is 5.68. The van der Waals surface area contributed by atoms with Crippen LogP contribution in [-0.4, -0.2) is 26.8 Å². The molecule has 2 rings (SSSR count). The first-order chi connectivity index (χ1) is 8.63. The Morgan fingerprint density at radius 3 is 2.67 bits per heavy atom. The normalized spacial score (nSPS) is 10.3. The number of rotatable bonds is 4. The number of carbonyl (C=O) groups is 1. The number of anilines is 1. The lowest BCUT2D eigenvalue weighted by molar-refractivity contribution is -0.113. The number of nitrogens with one attached hydrogen (secondary N) is 2. The van der Waals surface area contributed by atoms with Crippen LogP contribution in [0.5, 0.6) is 0 Å². The lowest BCUT2D eigenvalue weighted by Crippen LogP contribution is -2.14. The maximum Gasteiger partial charge on any atom is 0.234 e. The lowest BCUT2D eigenvalue weighted by atomic mass is 10.1. The third-order valence-electron chi connectivity index (χ3n) is 2.24. The number of carbonyl (C=O) groups excluding carboxylic acids is 1. The van der Waals surface area contributed by atoms with Crippen molar-refractivity contribution in [1.29, 1.82) is 0 Å². The van der Waals surface area contributed by atoms with Crippen LogP contribution in [0.2, 0.25) is 0 Å². The van der Waals surface area contributed by atoms with Crippen LogP contribution in [0.4, 0.5) is 5.69 Å². The van der Waals surface area contributed by atoms with Crippen LogP contribution in [0.25, 0.3) is 0 Å². The van der Waals surface area contributed by atoms with Gasteiger partial charge in [-0.25, -0.2) is 4.98 Å². The van der Waals surface area contributed by atoms with Crippen LogP contribution >= 0.6 is 11.8 Å². The van der Waals surface area contributed by atoms with E-state index in [2.05, 4.69) is 26.6 Å². The minimum atomic E-state index is -0.0543. The maximum absolute atomic E-state index is 11.7. The summed E-state index contributed by atoms with van der Waals surface area (Å²) < 4.78 is 0. The van der Waals surface area contributed by atoms with E-state index < -0.39 is 0 Å². The van der Waals surface area contributed by atoms with Gasteiger partial charge < -0.3 is 5.32 Å². The Hall–Kier alpha value is -1.82. The topological polar surface area (TPSA) is 70.7 Å². The third kappa shape index (κ3) is 3.59. The van der Waals surface area contributed by atoms with Gasteiger partial charge in [-0.3, -0.25) is 9.89 Å². The molecule has 94 valence electrons. The van der Waals surface area contributed by atoms with Crippen molar-refractivity contribution >= 4 is 23.4 Å². The highest BCUT2D eigenvalue weighted by Crippen LogP contribution is 2.15. The van der Waals surface area contributed by atoms with E-state index >= 15 is 0 Å². The number of thioether (sulfide) groups is 1. The van der Waals surface area contributed by atoms with Gasteiger partial charge in [0, 0.05) is 5.69 Å². The summed E-state index contributed by atoms with van der Waals surface area (Å²) >= 11 is 1.32. The molecule has 5 nitrogen and oxygen atoms in total. The molecule has 0 saturated carbocycles. The summed E-state index contributed by atoms with van der Waals surface area (Å²) in [5.74, 6) is 0.253. The monoisotopic (exact) mass is 262 g/mol. The highest BCUT2D eigenvalue weighted by molar-refractivity contribution is 7.99. The zero-order valence-electron chi connectivity index (χ0n) is 10.2. The summed E-state index contributed by atoms with van der Waals surface area (Å²) in [5.41, 5.74) is 3.09. The first-order valence-electron chi connectivity index (χ1n) is 5.50. The van der Waals surface area contributed by atoms with Crippen LogP contribution in [0.3, 0.4) is 0 Å². The average molecular weight is 262 g/mol. The highest BCUT2D eigenvalue weighted by Gasteiger charge is 2.05. The maximum atomic E-state index is 11.7. The van der Waals surface area contributed by atoms with E-state index in [-0.39, 0.29) is 5.91 Å². The van der Waals surface area contributed by atoms with E-state index in [0.717, 1.165) is 16.8 Å². The summed E-state index contributed by atoms with van der Waals surface area (Å²) in [5, 5.41) is 9.92. The number of benzene rings is 1. The van der Waals surface area contributed by atoms with Crippen molar-refractivity contribution in [2.45, 2.75) is 19.0 Å². The van der Waals surface area contributed by atoms with Crippen LogP contribution in [-0.2, 0) is 4.79 Å². The number of aromatic amines is 1. The van der Waals surface area contributed by atoms with Gasteiger partial charge in [-0.2, -0.15) is 5.10 Å². The molecule has 0 saturated heterocycles. The van der Waals surface area contributed by atoms with E-state index in [1.54, 1.807) is 0 Å². The van der Waals surface area contributed by atoms with Gasteiger partial charge in [0.05, 0.1) is 5.75 Å². The fourth-order valence-electron chi connectivity index (χ4n) is 1.64. The van der Waals surface area contributed by atoms with Gasteiger partial charge in [0.15, 0.2) is 5.16 Å². The fraction of sp³-hybridized carbons (Fsp3) is 0.250. The van der Waals surface area contributed by atoms with Gasteiger partial charge in [0.25, 0.3) is 0 Å². The minimum Gasteiger partial charge on any atom is -0.325 e. The largest absolute Gasteiger partial charge is 0.325 e. The van der Waals surface area contributed by atoms with E-state index in [1.165, 1.54) is 18.1 Å². The number of amides is 1. The van der Waals surface area contributed by atoms with Gasteiger partial charge in [0.2, 0.25) is 5.91 Å². The molecular weight excluding hydrogens is 248 g/mol. The molecule has 18 heavy (non-hydrogen) atoms. The van der Waals surface area contributed by atoms with E-state index in [9.17, 15) is 4.79 Å². The molecular formula is C12H14N4OS. The van der Waals surface area contributed by atoms with E-state index in [0.29, 0.717) is 10.9 Å². The molecule has 1 amide bonds. The van der Waals surface area contributed by atoms with Crippen molar-refractivity contribution in [3.8, 4) is 0 Å². The Bertz CT molecular complexity index is 519. The summed E-state index contributed by atoms with van der Waals surface area (Å²) in [6.45, 7) is 4.01. The van der Waals surface area contributed by atoms with E-state index in [4.69, 9.17) is 0 Å². The summed E-state index contributed by atoms with van der Waals surface area (Å²) in [4.78, 5) is 15.7. The van der Waals surface area contributed by atoms with Crippen LogP contribution in [0.1, 0.15) is 11.1 Å². The van der Waals surface area contributed by atoms with Crippen molar-refractivity contribution in [3.63, 3.8) is 0 Å². The molecule has 0 fully saturated rings. The first-order valence-corrected chi connectivity index (χ1v) is 6.48. The van der Waals surface area contributed by atoms with Gasteiger partial charge in [0.1, 0.15) is 6.33 Å². The smallest absolute Gasteiger partial charge is 0.234 e. The number of hydrogen-bond donors (Lipinski definition) is 2.